The van der Waals surface area contributed by atoms with Gasteiger partial charge in [0.15, 0.2) is 0 Å². The summed E-state index contributed by atoms with van der Waals surface area (Å²) in [6.07, 6.45) is 0. The first-order chi connectivity index (χ1) is 14.3. The van der Waals surface area contributed by atoms with Gasteiger partial charge in [0.1, 0.15) is 22.3 Å². The van der Waals surface area contributed by atoms with Crippen LogP contribution >= 0.6 is 0 Å². The Balaban J connectivity index is 1.73. The van der Waals surface area contributed by atoms with Gasteiger partial charge in [-0.05, 0) is 55.5 Å². The van der Waals surface area contributed by atoms with Crippen molar-refractivity contribution in [2.24, 2.45) is 0 Å². The summed E-state index contributed by atoms with van der Waals surface area (Å²) >= 11 is 0. The molecule has 0 aliphatic heterocycles. The molecule has 10 heteroatoms. The number of ether oxygens (including phenoxy) is 1. The van der Waals surface area contributed by atoms with Gasteiger partial charge in [-0.2, -0.15) is 5.10 Å². The van der Waals surface area contributed by atoms with Crippen molar-refractivity contribution in [3.8, 4) is 17.0 Å². The topological polar surface area (TPSA) is 90.3 Å². The minimum atomic E-state index is -4.29. The van der Waals surface area contributed by atoms with Crippen molar-refractivity contribution < 1.29 is 21.9 Å². The number of hydrogen-bond acceptors (Lipinski definition) is 5. The predicted molar refractivity (Wildman–Crippen MR) is 107 cm³/mol. The molecule has 3 rings (SSSR count). The molecule has 0 aliphatic rings. The van der Waals surface area contributed by atoms with Gasteiger partial charge < -0.3 is 4.74 Å². The Morgan fingerprint density at radius 1 is 1.07 bits per heavy atom. The summed E-state index contributed by atoms with van der Waals surface area (Å²) in [4.78, 5) is 11.3. The number of nitrogens with zero attached hydrogens (tertiary/aromatic N) is 2. The van der Waals surface area contributed by atoms with Gasteiger partial charge in [-0.15, -0.1) is 0 Å². The van der Waals surface area contributed by atoms with Crippen molar-refractivity contribution in [3.05, 3.63) is 76.6 Å². The molecule has 0 bridgehead atoms. The normalized spacial score (nSPS) is 11.4. The molecular weight excluding hydrogens is 416 g/mol. The second kappa shape index (κ2) is 9.14. The average Bonchev–Trinajstić information content (AvgIpc) is 2.72. The molecule has 0 unspecified atom stereocenters. The standard InChI is InChI=1S/C20H19F2N3O4S/c1-2-29-16-6-3-14(4-7-16)18-9-10-20(26)25(24-18)12-11-23-30(27,28)19-13-15(21)5-8-17(19)22/h3-10,13,23H,2,11-12H2,1H3. The fourth-order valence-electron chi connectivity index (χ4n) is 2.70. The average molecular weight is 435 g/mol. The molecule has 0 radical (unpaired) electrons. The summed E-state index contributed by atoms with van der Waals surface area (Å²) in [5.41, 5.74) is 0.826. The van der Waals surface area contributed by atoms with Gasteiger partial charge in [0.2, 0.25) is 10.0 Å². The van der Waals surface area contributed by atoms with Crippen LogP contribution in [0.4, 0.5) is 8.78 Å². The van der Waals surface area contributed by atoms with E-state index in [0.717, 1.165) is 22.4 Å². The summed E-state index contributed by atoms with van der Waals surface area (Å²) in [6.45, 7) is 2.08. The molecule has 3 aromatic rings. The van der Waals surface area contributed by atoms with E-state index in [9.17, 15) is 22.0 Å². The Kier molecular flexibility index (Phi) is 6.58. The maximum atomic E-state index is 13.7. The van der Waals surface area contributed by atoms with E-state index in [1.54, 1.807) is 30.3 Å². The van der Waals surface area contributed by atoms with E-state index in [-0.39, 0.29) is 13.1 Å². The van der Waals surface area contributed by atoms with Crippen LogP contribution in [0.5, 0.6) is 5.75 Å². The van der Waals surface area contributed by atoms with Crippen molar-refractivity contribution in [2.75, 3.05) is 13.2 Å². The molecule has 0 atom stereocenters. The van der Waals surface area contributed by atoms with E-state index >= 15 is 0 Å². The van der Waals surface area contributed by atoms with Crippen molar-refractivity contribution in [3.63, 3.8) is 0 Å². The maximum absolute atomic E-state index is 13.7. The molecule has 2 aromatic carbocycles. The van der Waals surface area contributed by atoms with E-state index < -0.39 is 32.1 Å². The Bertz CT molecular complexity index is 1200. The van der Waals surface area contributed by atoms with Gasteiger partial charge >= 0.3 is 0 Å². The van der Waals surface area contributed by atoms with E-state index in [1.165, 1.54) is 6.07 Å². The molecular formula is C20H19F2N3O4S. The molecule has 1 N–H and O–H groups in total. The summed E-state index contributed by atoms with van der Waals surface area (Å²) in [5.74, 6) is -1.25. The summed E-state index contributed by atoms with van der Waals surface area (Å²) in [5, 5.41) is 4.24. The van der Waals surface area contributed by atoms with Crippen LogP contribution in [-0.2, 0) is 16.6 Å². The number of benzene rings is 2. The number of rotatable bonds is 8. The zero-order valence-electron chi connectivity index (χ0n) is 16.0. The molecule has 0 amide bonds. The fraction of sp³-hybridized carbons (Fsp3) is 0.200. The molecule has 158 valence electrons. The third kappa shape index (κ3) is 5.08. The molecule has 0 aliphatic carbocycles. The lowest BCUT2D eigenvalue weighted by Crippen LogP contribution is -2.32. The van der Waals surface area contributed by atoms with Crippen LogP contribution in [-0.4, -0.2) is 31.3 Å². The highest BCUT2D eigenvalue weighted by Crippen LogP contribution is 2.20. The number of halogens is 2. The highest BCUT2D eigenvalue weighted by atomic mass is 32.2. The van der Waals surface area contributed by atoms with Crippen LogP contribution in [0.25, 0.3) is 11.3 Å². The van der Waals surface area contributed by atoms with Crippen molar-refractivity contribution in [2.45, 2.75) is 18.4 Å². The van der Waals surface area contributed by atoms with Gasteiger partial charge in [-0.25, -0.2) is 26.6 Å². The molecule has 0 saturated carbocycles. The first kappa shape index (κ1) is 21.6. The van der Waals surface area contributed by atoms with Crippen LogP contribution in [0, 0.1) is 11.6 Å². The van der Waals surface area contributed by atoms with Gasteiger partial charge in [0, 0.05) is 18.2 Å². The van der Waals surface area contributed by atoms with Gasteiger partial charge in [-0.3, -0.25) is 4.79 Å². The Labute approximate surface area is 172 Å². The zero-order chi connectivity index (χ0) is 21.7. The van der Waals surface area contributed by atoms with Crippen LogP contribution in [0.2, 0.25) is 0 Å². The molecule has 1 aromatic heterocycles. The maximum Gasteiger partial charge on any atom is 0.266 e. The third-order valence-corrected chi connectivity index (χ3v) is 5.60. The Hall–Kier alpha value is -3.11. The summed E-state index contributed by atoms with van der Waals surface area (Å²) < 4.78 is 60.1. The molecule has 30 heavy (non-hydrogen) atoms. The molecule has 0 saturated heterocycles. The number of nitrogens with one attached hydrogen (secondary N) is 1. The van der Waals surface area contributed by atoms with E-state index in [1.807, 2.05) is 6.92 Å². The second-order valence-corrected chi connectivity index (χ2v) is 7.95. The zero-order valence-corrected chi connectivity index (χ0v) is 16.8. The fourth-order valence-corrected chi connectivity index (χ4v) is 3.81. The minimum absolute atomic E-state index is 0.0974. The Morgan fingerprint density at radius 3 is 2.50 bits per heavy atom. The summed E-state index contributed by atoms with van der Waals surface area (Å²) in [7, 11) is -4.29. The molecule has 0 fully saturated rings. The van der Waals surface area contributed by atoms with Crippen molar-refractivity contribution in [1.29, 1.82) is 0 Å². The lowest BCUT2D eigenvalue weighted by molar-refractivity contribution is 0.340. The molecule has 7 nitrogen and oxygen atoms in total. The SMILES string of the molecule is CCOc1ccc(-c2ccc(=O)n(CCNS(=O)(=O)c3cc(F)ccc3F)n2)cc1. The van der Waals surface area contributed by atoms with Crippen molar-refractivity contribution in [1.82, 2.24) is 14.5 Å². The van der Waals surface area contributed by atoms with Gasteiger partial charge in [0.25, 0.3) is 5.56 Å². The smallest absolute Gasteiger partial charge is 0.266 e. The molecule has 1 heterocycles. The van der Waals surface area contributed by atoms with E-state index in [4.69, 9.17) is 4.74 Å². The van der Waals surface area contributed by atoms with E-state index in [0.29, 0.717) is 24.1 Å². The highest BCUT2D eigenvalue weighted by Gasteiger charge is 2.19. The van der Waals surface area contributed by atoms with Crippen LogP contribution < -0.4 is 15.0 Å². The van der Waals surface area contributed by atoms with Crippen LogP contribution in [0.1, 0.15) is 6.92 Å². The lowest BCUT2D eigenvalue weighted by atomic mass is 10.1. The summed E-state index contributed by atoms with van der Waals surface area (Å²) in [6, 6.07) is 12.2. The van der Waals surface area contributed by atoms with Gasteiger partial charge in [0.05, 0.1) is 18.8 Å². The van der Waals surface area contributed by atoms with Gasteiger partial charge in [-0.1, -0.05) is 0 Å². The first-order valence-electron chi connectivity index (χ1n) is 9.06. The minimum Gasteiger partial charge on any atom is -0.494 e. The quantitative estimate of drug-likeness (QED) is 0.587. The van der Waals surface area contributed by atoms with Crippen LogP contribution in [0.15, 0.2) is 64.3 Å². The number of hydrogen-bond donors (Lipinski definition) is 1. The first-order valence-corrected chi connectivity index (χ1v) is 10.5. The molecule has 0 spiro atoms. The lowest BCUT2D eigenvalue weighted by Gasteiger charge is -2.10. The second-order valence-electron chi connectivity index (χ2n) is 6.21. The highest BCUT2D eigenvalue weighted by molar-refractivity contribution is 7.89. The van der Waals surface area contributed by atoms with Crippen LogP contribution in [0.3, 0.4) is 0 Å². The Morgan fingerprint density at radius 2 is 1.80 bits per heavy atom. The van der Waals surface area contributed by atoms with Crippen molar-refractivity contribution >= 4 is 10.0 Å². The monoisotopic (exact) mass is 435 g/mol. The number of sulfonamides is 1. The third-order valence-electron chi connectivity index (χ3n) is 4.13. The van der Waals surface area contributed by atoms with E-state index in [2.05, 4.69) is 9.82 Å². The number of aromatic nitrogens is 2. The largest absolute Gasteiger partial charge is 0.494 e. The predicted octanol–water partition coefficient (Wildman–Crippen LogP) is 2.57.